The molecule has 0 radical (unpaired) electrons. The van der Waals surface area contributed by atoms with Crippen molar-refractivity contribution in [3.05, 3.63) is 35.4 Å². The Balaban J connectivity index is 1.71. The maximum Gasteiger partial charge on any atom is 0.227 e. The van der Waals surface area contributed by atoms with Crippen molar-refractivity contribution in [1.29, 1.82) is 0 Å². The molecule has 3 heteroatoms. The smallest absolute Gasteiger partial charge is 0.227 e. The number of hydrogen-bond donors (Lipinski definition) is 0. The summed E-state index contributed by atoms with van der Waals surface area (Å²) >= 11 is 0. The molecule has 96 valence electrons. The molecule has 2 saturated heterocycles. The molecular weight excluding hydrogens is 226 g/mol. The van der Waals surface area contributed by atoms with Crippen molar-refractivity contribution in [2.45, 2.75) is 31.7 Å². The number of ether oxygens (including phenoxy) is 1. The Hall–Kier alpha value is -1.35. The van der Waals surface area contributed by atoms with Crippen LogP contribution >= 0.6 is 0 Å². The minimum absolute atomic E-state index is 0.0677. The molecular formula is C15H19NO2. The van der Waals surface area contributed by atoms with Crippen LogP contribution in [0.5, 0.6) is 0 Å². The second-order valence-corrected chi connectivity index (χ2v) is 5.31. The van der Waals surface area contributed by atoms with Gasteiger partial charge in [0.05, 0.1) is 25.2 Å². The van der Waals surface area contributed by atoms with E-state index in [0.29, 0.717) is 6.42 Å². The third kappa shape index (κ3) is 1.74. The fraction of sp³-hybridized carbons (Fsp3) is 0.533. The van der Waals surface area contributed by atoms with Gasteiger partial charge in [0.1, 0.15) is 0 Å². The van der Waals surface area contributed by atoms with Crippen molar-refractivity contribution >= 4 is 5.91 Å². The highest BCUT2D eigenvalue weighted by atomic mass is 16.5. The highest BCUT2D eigenvalue weighted by Crippen LogP contribution is 2.37. The van der Waals surface area contributed by atoms with Crippen LogP contribution in [0.25, 0.3) is 0 Å². The summed E-state index contributed by atoms with van der Waals surface area (Å²) in [4.78, 5) is 14.4. The maximum absolute atomic E-state index is 12.3. The SMILES string of the molecule is CCc1ccccc1CC(=O)N1CCC12COC2. The Labute approximate surface area is 108 Å². The Bertz CT molecular complexity index is 460. The van der Waals surface area contributed by atoms with Crippen molar-refractivity contribution in [3.63, 3.8) is 0 Å². The molecule has 0 atom stereocenters. The lowest BCUT2D eigenvalue weighted by atomic mass is 9.82. The van der Waals surface area contributed by atoms with Crippen LogP contribution in [0.4, 0.5) is 0 Å². The molecule has 0 aliphatic carbocycles. The zero-order valence-electron chi connectivity index (χ0n) is 10.8. The Morgan fingerprint density at radius 2 is 2.06 bits per heavy atom. The monoisotopic (exact) mass is 245 g/mol. The largest absolute Gasteiger partial charge is 0.376 e. The minimum atomic E-state index is 0.0677. The summed E-state index contributed by atoms with van der Waals surface area (Å²) in [6.45, 7) is 4.49. The van der Waals surface area contributed by atoms with E-state index in [4.69, 9.17) is 4.74 Å². The van der Waals surface area contributed by atoms with Gasteiger partial charge in [-0.25, -0.2) is 0 Å². The molecule has 2 heterocycles. The molecule has 18 heavy (non-hydrogen) atoms. The third-order valence-corrected chi connectivity index (χ3v) is 4.26. The molecule has 1 aromatic carbocycles. The van der Waals surface area contributed by atoms with E-state index in [9.17, 15) is 4.79 Å². The van der Waals surface area contributed by atoms with Crippen molar-refractivity contribution in [2.75, 3.05) is 19.8 Å². The van der Waals surface area contributed by atoms with Crippen molar-refractivity contribution in [2.24, 2.45) is 0 Å². The standard InChI is InChI=1S/C15H19NO2/c1-2-12-5-3-4-6-13(12)9-14(17)16-8-7-15(16)10-18-11-15/h3-6H,2,7-11H2,1H3. The quantitative estimate of drug-likeness (QED) is 0.812. The molecule has 0 N–H and O–H groups in total. The van der Waals surface area contributed by atoms with Crippen molar-refractivity contribution in [3.8, 4) is 0 Å². The molecule has 0 bridgehead atoms. The van der Waals surface area contributed by atoms with E-state index in [1.165, 1.54) is 11.1 Å². The summed E-state index contributed by atoms with van der Waals surface area (Å²) in [6.07, 6.45) is 2.62. The van der Waals surface area contributed by atoms with E-state index in [2.05, 4.69) is 19.1 Å². The maximum atomic E-state index is 12.3. The summed E-state index contributed by atoms with van der Waals surface area (Å²) in [5.41, 5.74) is 2.52. The fourth-order valence-corrected chi connectivity index (χ4v) is 2.90. The molecule has 3 nitrogen and oxygen atoms in total. The van der Waals surface area contributed by atoms with Crippen molar-refractivity contribution < 1.29 is 9.53 Å². The Morgan fingerprint density at radius 3 is 2.56 bits per heavy atom. The van der Waals surface area contributed by atoms with Crippen LogP contribution in [-0.2, 0) is 22.4 Å². The number of carbonyl (C=O) groups is 1. The number of rotatable bonds is 3. The number of amides is 1. The molecule has 3 rings (SSSR count). The number of nitrogens with zero attached hydrogens (tertiary/aromatic N) is 1. The Morgan fingerprint density at radius 1 is 1.33 bits per heavy atom. The summed E-state index contributed by atoms with van der Waals surface area (Å²) in [5.74, 6) is 0.255. The van der Waals surface area contributed by atoms with Gasteiger partial charge in [0.15, 0.2) is 0 Å². The highest BCUT2D eigenvalue weighted by Gasteiger charge is 2.52. The van der Waals surface area contributed by atoms with Crippen LogP contribution in [0.1, 0.15) is 24.5 Å². The third-order valence-electron chi connectivity index (χ3n) is 4.26. The topological polar surface area (TPSA) is 29.5 Å². The van der Waals surface area contributed by atoms with Crippen LogP contribution in [0, 0.1) is 0 Å². The number of carbonyl (C=O) groups excluding carboxylic acids is 1. The van der Waals surface area contributed by atoms with Gasteiger partial charge in [-0.15, -0.1) is 0 Å². The van der Waals surface area contributed by atoms with Crippen LogP contribution in [-0.4, -0.2) is 36.1 Å². The fourth-order valence-electron chi connectivity index (χ4n) is 2.90. The minimum Gasteiger partial charge on any atom is -0.376 e. The van der Waals surface area contributed by atoms with Gasteiger partial charge < -0.3 is 9.64 Å². The van der Waals surface area contributed by atoms with Crippen LogP contribution in [0.2, 0.25) is 0 Å². The zero-order chi connectivity index (χ0) is 12.6. The first-order valence-electron chi connectivity index (χ1n) is 6.70. The van der Waals surface area contributed by atoms with Gasteiger partial charge >= 0.3 is 0 Å². The van der Waals surface area contributed by atoms with Crippen LogP contribution in [0.3, 0.4) is 0 Å². The number of likely N-dealkylation sites (tertiary alicyclic amines) is 1. The van der Waals surface area contributed by atoms with Gasteiger partial charge in [0, 0.05) is 6.54 Å². The first-order valence-corrected chi connectivity index (χ1v) is 6.70. The van der Waals surface area contributed by atoms with E-state index in [1.807, 2.05) is 17.0 Å². The lowest BCUT2D eigenvalue weighted by molar-refractivity contribution is -0.199. The normalized spacial score (nSPS) is 20.4. The lowest BCUT2D eigenvalue weighted by Gasteiger charge is -2.57. The van der Waals surface area contributed by atoms with Gasteiger partial charge in [-0.3, -0.25) is 4.79 Å². The number of hydrogen-bond acceptors (Lipinski definition) is 2. The molecule has 0 unspecified atom stereocenters. The summed E-state index contributed by atoms with van der Waals surface area (Å²) in [6, 6.07) is 8.24. The molecule has 2 fully saturated rings. The molecule has 1 aromatic rings. The average molecular weight is 245 g/mol. The second kappa shape index (κ2) is 4.39. The molecule has 2 aliphatic rings. The molecule has 0 aromatic heterocycles. The van der Waals surface area contributed by atoms with Gasteiger partial charge in [0.25, 0.3) is 0 Å². The van der Waals surface area contributed by atoms with E-state index >= 15 is 0 Å². The van der Waals surface area contributed by atoms with E-state index in [1.54, 1.807) is 0 Å². The van der Waals surface area contributed by atoms with Crippen LogP contribution in [0.15, 0.2) is 24.3 Å². The summed E-state index contributed by atoms with van der Waals surface area (Å²) in [5, 5.41) is 0. The molecule has 0 saturated carbocycles. The van der Waals surface area contributed by atoms with Crippen molar-refractivity contribution in [1.82, 2.24) is 4.90 Å². The van der Waals surface area contributed by atoms with Gasteiger partial charge in [-0.1, -0.05) is 31.2 Å². The first kappa shape index (κ1) is 11.7. The first-order chi connectivity index (χ1) is 8.75. The van der Waals surface area contributed by atoms with E-state index in [-0.39, 0.29) is 11.4 Å². The highest BCUT2D eigenvalue weighted by molar-refractivity contribution is 5.81. The number of benzene rings is 1. The predicted octanol–water partition coefficient (Wildman–Crippen LogP) is 1.79. The summed E-state index contributed by atoms with van der Waals surface area (Å²) < 4.78 is 5.26. The summed E-state index contributed by atoms with van der Waals surface area (Å²) in [7, 11) is 0. The number of aryl methyl sites for hydroxylation is 1. The van der Waals surface area contributed by atoms with Gasteiger partial charge in [-0.2, -0.15) is 0 Å². The van der Waals surface area contributed by atoms with E-state index < -0.39 is 0 Å². The molecule has 1 amide bonds. The Kier molecular flexibility index (Phi) is 2.86. The van der Waals surface area contributed by atoms with Gasteiger partial charge in [0.2, 0.25) is 5.91 Å². The lowest BCUT2D eigenvalue weighted by Crippen LogP contribution is -2.72. The predicted molar refractivity (Wildman–Crippen MR) is 69.4 cm³/mol. The van der Waals surface area contributed by atoms with Crippen LogP contribution < -0.4 is 0 Å². The van der Waals surface area contributed by atoms with E-state index in [0.717, 1.165) is 32.6 Å². The van der Waals surface area contributed by atoms with Gasteiger partial charge in [-0.05, 0) is 24.0 Å². The molecule has 2 aliphatic heterocycles. The average Bonchev–Trinajstić information content (AvgIpc) is 2.26. The zero-order valence-corrected chi connectivity index (χ0v) is 10.8. The second-order valence-electron chi connectivity index (χ2n) is 5.31. The molecule has 1 spiro atoms.